The Labute approximate surface area is 441 Å². The zero-order chi connectivity index (χ0) is 55.2. The van der Waals surface area contributed by atoms with Crippen LogP contribution in [0.5, 0.6) is 0 Å². The number of ketones is 1. The molecule has 2 aromatic carbocycles. The lowest BCUT2D eigenvalue weighted by molar-refractivity contribution is -0.134. The van der Waals surface area contributed by atoms with E-state index in [1.807, 2.05) is 45.6 Å². The molecule has 15 nitrogen and oxygen atoms in total. The number of amides is 4. The molecular formula is C56H89ClFN9O6. The number of nitrogens with zero attached hydrogens (tertiary/aromatic N) is 4. The standard InChI is InChI=1S/C41H56ClFN8O4.C8H15NO.C3H8.C2H4O.C2H6/c1-5-26(2)39(53)31-22-33(43)35(21-28(31)4)50-15-9-29(10-16-50)24-49-17-19-51(20-18-49)36(52)25-48-13-11-30(12-14-48)46-41(55)38(45)34(23-44)47-40(54)37-27(3)7-6-8-32(37)42;1-4-9-8(10)6-5-7(2)3;1-3-2;1-2-3;1-2/h6-8,21-23,26,29-30,44H,5,9-20,24-25,45H2,1-4H3,(H,46,55)(H,47,54);4,7H,1,5-6H2,2-3H3,(H,9,10);3H2,1-2H3;2H,1H3;1-2H3/b38-34+,44-23?;;;;. The van der Waals surface area contributed by atoms with Crippen LogP contribution in [0, 0.1) is 42.8 Å². The van der Waals surface area contributed by atoms with Gasteiger partial charge in [-0.15, -0.1) is 0 Å². The summed E-state index contributed by atoms with van der Waals surface area (Å²) in [6.07, 6.45) is 9.74. The van der Waals surface area contributed by atoms with Gasteiger partial charge in [0, 0.05) is 89.1 Å². The molecule has 0 aromatic heterocycles. The first kappa shape index (κ1) is 65.6. The Kier molecular flexibility index (Phi) is 32.0. The van der Waals surface area contributed by atoms with Gasteiger partial charge < -0.3 is 41.7 Å². The third kappa shape index (κ3) is 22.7. The molecule has 4 amide bonds. The lowest BCUT2D eigenvalue weighted by Gasteiger charge is -2.40. The highest BCUT2D eigenvalue weighted by atomic mass is 35.5. The van der Waals surface area contributed by atoms with E-state index >= 15 is 4.39 Å². The fourth-order valence-electron chi connectivity index (χ4n) is 8.33. The Morgan fingerprint density at radius 3 is 2.01 bits per heavy atom. The van der Waals surface area contributed by atoms with Gasteiger partial charge in [0.1, 0.15) is 17.8 Å². The van der Waals surface area contributed by atoms with Gasteiger partial charge in [0.2, 0.25) is 11.8 Å². The molecule has 3 saturated heterocycles. The fraction of sp³-hybridized carbons (Fsp3) is 0.589. The quantitative estimate of drug-likeness (QED) is 0.0441. The van der Waals surface area contributed by atoms with E-state index in [2.05, 4.69) is 64.9 Å². The molecular weight excluding hydrogens is 949 g/mol. The van der Waals surface area contributed by atoms with Gasteiger partial charge in [-0.2, -0.15) is 0 Å². The van der Waals surface area contributed by atoms with Crippen molar-refractivity contribution in [2.45, 2.75) is 134 Å². The number of piperazine rings is 1. The van der Waals surface area contributed by atoms with Crippen molar-refractivity contribution in [3.63, 3.8) is 0 Å². The third-order valence-electron chi connectivity index (χ3n) is 12.7. The first-order valence-electron chi connectivity index (χ1n) is 26.3. The second kappa shape index (κ2) is 35.7. The summed E-state index contributed by atoms with van der Waals surface area (Å²) in [6.45, 7) is 31.9. The van der Waals surface area contributed by atoms with Crippen LogP contribution in [-0.4, -0.2) is 128 Å². The minimum absolute atomic E-state index is 0.000491. The van der Waals surface area contributed by atoms with Crippen molar-refractivity contribution in [2.24, 2.45) is 23.5 Å². The Balaban J connectivity index is 0.00000127. The van der Waals surface area contributed by atoms with E-state index < -0.39 is 11.8 Å². The van der Waals surface area contributed by atoms with Gasteiger partial charge in [0.15, 0.2) is 5.78 Å². The maximum Gasteiger partial charge on any atom is 0.269 e. The number of Topliss-reactive ketones (excluding diaryl/α,β-unsaturated/α-hetero) is 1. The normalized spacial score (nSPS) is 15.9. The second-order valence-corrected chi connectivity index (χ2v) is 19.3. The van der Waals surface area contributed by atoms with E-state index in [-0.39, 0.29) is 57.4 Å². The van der Waals surface area contributed by atoms with Crippen LogP contribution in [0.25, 0.3) is 0 Å². The van der Waals surface area contributed by atoms with Crippen molar-refractivity contribution >= 4 is 59.2 Å². The van der Waals surface area contributed by atoms with Crippen LogP contribution in [0.2, 0.25) is 5.02 Å². The number of nitrogens with one attached hydrogen (secondary N) is 4. The zero-order valence-electron chi connectivity index (χ0n) is 45.9. The lowest BCUT2D eigenvalue weighted by Crippen LogP contribution is -2.53. The van der Waals surface area contributed by atoms with Gasteiger partial charge in [-0.25, -0.2) is 4.39 Å². The number of piperidine rings is 2. The van der Waals surface area contributed by atoms with Gasteiger partial charge in [-0.1, -0.05) is 92.1 Å². The number of carbonyl (C=O) groups excluding carboxylic acids is 6. The van der Waals surface area contributed by atoms with E-state index in [1.54, 1.807) is 25.1 Å². The number of hydrogen-bond acceptors (Lipinski definition) is 11. The van der Waals surface area contributed by atoms with Crippen LogP contribution >= 0.6 is 11.6 Å². The molecule has 408 valence electrons. The van der Waals surface area contributed by atoms with Crippen LogP contribution < -0.4 is 26.6 Å². The maximum absolute atomic E-state index is 15.2. The SMILES string of the molecule is C=CNC(=O)CCC(C)C.CC.CC=O.CCC.CCC(C)C(=O)c1cc(F)c(N2CCC(CN3CCN(C(=O)CN4CCC(NC(=O)/C(N)=C(/C=N)NC(=O)c5c(C)cccc5Cl)CC4)CC3)CC2)cc1C. The van der Waals surface area contributed by atoms with Gasteiger partial charge in [-0.05, 0) is 107 Å². The summed E-state index contributed by atoms with van der Waals surface area (Å²) in [6, 6.07) is 8.17. The Hall–Kier alpha value is -5.45. The third-order valence-corrected chi connectivity index (χ3v) is 13.0. The van der Waals surface area contributed by atoms with Crippen LogP contribution in [0.1, 0.15) is 146 Å². The number of nitrogens with two attached hydrogens (primary N) is 1. The lowest BCUT2D eigenvalue weighted by atomic mass is 9.92. The van der Waals surface area contributed by atoms with Crippen molar-refractivity contribution in [3.8, 4) is 0 Å². The summed E-state index contributed by atoms with van der Waals surface area (Å²) in [4.78, 5) is 79.9. The van der Waals surface area contributed by atoms with E-state index in [9.17, 15) is 24.0 Å². The molecule has 73 heavy (non-hydrogen) atoms. The van der Waals surface area contributed by atoms with Crippen LogP contribution in [0.4, 0.5) is 10.1 Å². The molecule has 0 saturated carbocycles. The average molecular weight is 1040 g/mol. The molecule has 6 N–H and O–H groups in total. The molecule has 0 aliphatic carbocycles. The number of anilines is 1. The number of aldehydes is 1. The van der Waals surface area contributed by atoms with Crippen LogP contribution in [0.3, 0.4) is 0 Å². The highest BCUT2D eigenvalue weighted by Crippen LogP contribution is 2.30. The number of carbonyl (C=O) groups is 6. The van der Waals surface area contributed by atoms with Crippen molar-refractivity contribution in [1.82, 2.24) is 30.7 Å². The van der Waals surface area contributed by atoms with Crippen molar-refractivity contribution < 1.29 is 33.2 Å². The molecule has 0 radical (unpaired) electrons. The minimum atomic E-state index is -0.572. The summed E-state index contributed by atoms with van der Waals surface area (Å²) in [5.74, 6) is -0.309. The molecule has 1 unspecified atom stereocenters. The summed E-state index contributed by atoms with van der Waals surface area (Å²) >= 11 is 6.20. The number of likely N-dealkylation sites (tertiary alicyclic amines) is 1. The Morgan fingerprint density at radius 2 is 1.49 bits per heavy atom. The smallest absolute Gasteiger partial charge is 0.269 e. The average Bonchev–Trinajstić information content (AvgIpc) is 3.37. The summed E-state index contributed by atoms with van der Waals surface area (Å²) < 4.78 is 15.2. The molecule has 2 aromatic rings. The summed E-state index contributed by atoms with van der Waals surface area (Å²) in [5, 5.41) is 16.0. The monoisotopic (exact) mass is 1040 g/mol. The van der Waals surface area contributed by atoms with Crippen LogP contribution in [0.15, 0.2) is 54.5 Å². The predicted molar refractivity (Wildman–Crippen MR) is 296 cm³/mol. The number of rotatable bonds is 17. The van der Waals surface area contributed by atoms with E-state index in [4.69, 9.17) is 27.5 Å². The topological polar surface area (TPSA) is 201 Å². The summed E-state index contributed by atoms with van der Waals surface area (Å²) in [5.41, 5.74) is 8.49. The van der Waals surface area contributed by atoms with Gasteiger partial charge >= 0.3 is 0 Å². The molecule has 3 aliphatic heterocycles. The zero-order valence-corrected chi connectivity index (χ0v) is 46.7. The first-order valence-corrected chi connectivity index (χ1v) is 26.7. The number of benzene rings is 2. The molecule has 3 heterocycles. The van der Waals surface area contributed by atoms with Gasteiger partial charge in [0.25, 0.3) is 11.8 Å². The summed E-state index contributed by atoms with van der Waals surface area (Å²) in [7, 11) is 0. The molecule has 1 atom stereocenters. The maximum atomic E-state index is 15.2. The van der Waals surface area contributed by atoms with E-state index in [0.717, 1.165) is 76.5 Å². The highest BCUT2D eigenvalue weighted by molar-refractivity contribution is 6.34. The Morgan fingerprint density at radius 1 is 0.904 bits per heavy atom. The highest BCUT2D eigenvalue weighted by Gasteiger charge is 2.30. The molecule has 5 rings (SSSR count). The number of aryl methyl sites for hydroxylation is 2. The molecule has 17 heteroatoms. The van der Waals surface area contributed by atoms with Crippen molar-refractivity contribution in [1.29, 1.82) is 5.41 Å². The molecule has 3 fully saturated rings. The van der Waals surface area contributed by atoms with E-state index in [1.165, 1.54) is 25.6 Å². The molecule has 0 bridgehead atoms. The number of halogens is 2. The molecule has 3 aliphatic rings. The number of hydrogen-bond donors (Lipinski definition) is 5. The fourth-order valence-corrected chi connectivity index (χ4v) is 8.64. The largest absolute Gasteiger partial charge is 0.393 e. The second-order valence-electron chi connectivity index (χ2n) is 18.9. The van der Waals surface area contributed by atoms with E-state index in [0.29, 0.717) is 80.6 Å². The van der Waals surface area contributed by atoms with Crippen molar-refractivity contribution in [2.75, 3.05) is 70.3 Å². The number of allylic oxidation sites excluding steroid dienone is 1. The molecule has 0 spiro atoms. The Bertz CT molecular complexity index is 2090. The first-order chi connectivity index (χ1) is 34.8. The van der Waals surface area contributed by atoms with Crippen molar-refractivity contribution in [3.05, 3.63) is 87.6 Å². The van der Waals surface area contributed by atoms with Gasteiger partial charge in [0.05, 0.1) is 28.5 Å². The van der Waals surface area contributed by atoms with Crippen LogP contribution in [-0.2, 0) is 19.2 Å². The predicted octanol–water partition coefficient (Wildman–Crippen LogP) is 8.85. The minimum Gasteiger partial charge on any atom is -0.393 e. The van der Waals surface area contributed by atoms with Gasteiger partial charge in [-0.3, -0.25) is 33.8 Å².